The summed E-state index contributed by atoms with van der Waals surface area (Å²) in [5.74, 6) is -2.50. The highest BCUT2D eigenvalue weighted by Crippen LogP contribution is 2.53. The zero-order chi connectivity index (χ0) is 39.9. The molecule has 2 aromatic carbocycles. The number of alkyl halides is 3. The van der Waals surface area contributed by atoms with Crippen LogP contribution in [0.2, 0.25) is 5.02 Å². The number of nitrogens with one attached hydrogen (secondary N) is 1. The van der Waals surface area contributed by atoms with Crippen molar-refractivity contribution in [2.24, 2.45) is 5.92 Å². The minimum atomic E-state index is -2.89. The fourth-order valence-electron chi connectivity index (χ4n) is 9.39. The lowest BCUT2D eigenvalue weighted by molar-refractivity contribution is 0.107. The molecule has 5 aromatic rings. The van der Waals surface area contributed by atoms with Crippen LogP contribution < -0.4 is 25.4 Å². The molecule has 1 amide bonds. The number of thiophene rings is 1. The molecular weight excluding hydrogens is 795 g/mol. The number of benzene rings is 2. The second kappa shape index (κ2) is 14.1. The molecule has 3 N–H and O–H groups in total. The molecule has 6 atom stereocenters. The average molecular weight is 829 g/mol. The van der Waals surface area contributed by atoms with Crippen molar-refractivity contribution in [2.45, 2.75) is 75.4 Å². The third kappa shape index (κ3) is 6.14. The molecule has 3 fully saturated rings. The van der Waals surface area contributed by atoms with Gasteiger partial charge in [-0.25, -0.2) is 31.7 Å². The molecule has 4 unspecified atom stereocenters. The summed E-state index contributed by atoms with van der Waals surface area (Å²) in [5, 5.41) is 16.5. The molecule has 6 heterocycles. The Morgan fingerprint density at radius 3 is 2.84 bits per heavy atom. The lowest BCUT2D eigenvalue weighted by atomic mass is 9.93. The maximum Gasteiger partial charge on any atom is 0.343 e. The normalized spacial score (nSPS) is 25.7. The highest BCUT2D eigenvalue weighted by Gasteiger charge is 2.50. The van der Waals surface area contributed by atoms with E-state index in [0.717, 1.165) is 28.5 Å². The Hall–Kier alpha value is -5.06. The van der Waals surface area contributed by atoms with E-state index in [2.05, 4.69) is 25.4 Å². The number of fused-ring (bicyclic) bond motifs is 3. The third-order valence-corrected chi connectivity index (χ3v) is 13.2. The van der Waals surface area contributed by atoms with Gasteiger partial charge in [0.05, 0.1) is 32.8 Å². The number of rotatable bonds is 7. The first-order valence-corrected chi connectivity index (χ1v) is 19.6. The number of hydrogen-bond acceptors (Lipinski definition) is 12. The first-order chi connectivity index (χ1) is 27.4. The first kappa shape index (κ1) is 37.5. The number of halogens is 6. The Labute approximate surface area is 330 Å². The number of nitrogen functional groups attached to an aromatic ring is 1. The zero-order valence-corrected chi connectivity index (χ0v) is 31.8. The quantitative estimate of drug-likeness (QED) is 0.168. The molecule has 0 spiro atoms. The number of carbonyl (C=O) groups excluding carboxylic acids is 1. The standard InChI is InChI=1S/C37H34ClF5N10O3S/c1-16-20-7-18(48-36(54)53-15-46-14-47-53)8-23(20)52(12-24(41)42)34-27-30(49-35(50-34)55-13-37-5-2-6-51(37)11-17(39)9-37)29(43)26(28(38)31(27)56-16)19-3-4-22(40)32-25(19)21(10-44)33(45)57-32/h3-4,14-18,20,23-24H,2,5-9,11-13,45H2,1H3,(H,48,54)/t16?,17-,18?,20?,23?,37+/m1/s1. The molecule has 20 heteroatoms. The summed E-state index contributed by atoms with van der Waals surface area (Å²) in [6.45, 7) is 1.75. The molecule has 4 aliphatic rings. The van der Waals surface area contributed by atoms with Gasteiger partial charge in [0.25, 0.3) is 6.43 Å². The van der Waals surface area contributed by atoms with Gasteiger partial charge in [-0.2, -0.15) is 25.0 Å². The van der Waals surface area contributed by atoms with E-state index < -0.39 is 72.0 Å². The molecule has 2 saturated heterocycles. The number of aromatic nitrogens is 5. The molecular formula is C37H34ClF5N10O3S. The lowest BCUT2D eigenvalue weighted by Crippen LogP contribution is -2.47. The first-order valence-electron chi connectivity index (χ1n) is 18.4. The van der Waals surface area contributed by atoms with E-state index in [1.807, 2.05) is 11.0 Å². The Morgan fingerprint density at radius 1 is 1.26 bits per heavy atom. The number of anilines is 2. The van der Waals surface area contributed by atoms with Gasteiger partial charge in [0.15, 0.2) is 11.6 Å². The predicted octanol–water partition coefficient (Wildman–Crippen LogP) is 6.70. The number of nitriles is 1. The molecule has 3 aromatic heterocycles. The van der Waals surface area contributed by atoms with Gasteiger partial charge in [-0.1, -0.05) is 17.7 Å². The largest absolute Gasteiger partial charge is 0.488 e. The molecule has 1 saturated carbocycles. The van der Waals surface area contributed by atoms with Crippen LogP contribution in [-0.4, -0.2) is 98.2 Å². The van der Waals surface area contributed by atoms with E-state index in [0.29, 0.717) is 13.0 Å². The van der Waals surface area contributed by atoms with Crippen LogP contribution in [0, 0.1) is 28.9 Å². The van der Waals surface area contributed by atoms with E-state index >= 15 is 8.78 Å². The summed E-state index contributed by atoms with van der Waals surface area (Å²) >= 11 is 7.96. The van der Waals surface area contributed by atoms with Gasteiger partial charge in [-0.3, -0.25) is 4.90 Å². The summed E-state index contributed by atoms with van der Waals surface area (Å²) in [6, 6.07) is 2.19. The van der Waals surface area contributed by atoms with Gasteiger partial charge in [0.2, 0.25) is 0 Å². The highest BCUT2D eigenvalue weighted by atomic mass is 35.5. The molecule has 0 bridgehead atoms. The maximum absolute atomic E-state index is 17.5. The van der Waals surface area contributed by atoms with Crippen molar-refractivity contribution in [3.8, 4) is 29.0 Å². The van der Waals surface area contributed by atoms with Crippen LogP contribution in [0.4, 0.5) is 37.6 Å². The summed E-state index contributed by atoms with van der Waals surface area (Å²) in [5.41, 5.74) is 4.73. The number of carbonyl (C=O) groups is 1. The average Bonchev–Trinajstić information content (AvgIpc) is 4.01. The Morgan fingerprint density at radius 2 is 2.09 bits per heavy atom. The van der Waals surface area contributed by atoms with E-state index in [-0.39, 0.29) is 92.2 Å². The topological polar surface area (TPSA) is 160 Å². The summed E-state index contributed by atoms with van der Waals surface area (Å²) < 4.78 is 90.8. The van der Waals surface area contributed by atoms with Crippen LogP contribution in [0.25, 0.3) is 32.1 Å². The fourth-order valence-corrected chi connectivity index (χ4v) is 10.7. The number of nitrogens with zero attached hydrogens (tertiary/aromatic N) is 8. The molecule has 1 aliphatic carbocycles. The summed E-state index contributed by atoms with van der Waals surface area (Å²) in [7, 11) is 0. The number of amides is 1. The van der Waals surface area contributed by atoms with Crippen LogP contribution in [0.3, 0.4) is 0 Å². The van der Waals surface area contributed by atoms with E-state index in [9.17, 15) is 23.2 Å². The van der Waals surface area contributed by atoms with Crippen LogP contribution in [0.5, 0.6) is 11.8 Å². The van der Waals surface area contributed by atoms with Gasteiger partial charge in [0.1, 0.15) is 59.8 Å². The van der Waals surface area contributed by atoms with Crippen LogP contribution in [0.1, 0.15) is 44.6 Å². The van der Waals surface area contributed by atoms with Gasteiger partial charge in [-0.05, 0) is 50.8 Å². The Balaban J connectivity index is 1.24. The van der Waals surface area contributed by atoms with Gasteiger partial charge in [0, 0.05) is 41.9 Å². The number of ether oxygens (including phenoxy) is 2. The SMILES string of the molecule is CC1Oc2c(Cl)c(-c3ccc(F)c4sc(N)c(C#N)c34)c(F)c3nc(OC[C@@]45CCCN4C[C@H](F)C5)nc(c23)N(CC(F)F)C2CC(NC(=O)n3cncn3)CC12. The smallest absolute Gasteiger partial charge is 0.343 e. The third-order valence-electron chi connectivity index (χ3n) is 11.8. The fraction of sp³-hybridized carbons (Fsp3) is 0.459. The second-order valence-corrected chi connectivity index (χ2v) is 16.5. The van der Waals surface area contributed by atoms with Crippen molar-refractivity contribution in [3.05, 3.63) is 47.0 Å². The lowest BCUT2D eigenvalue weighted by Gasteiger charge is -2.39. The predicted molar refractivity (Wildman–Crippen MR) is 201 cm³/mol. The molecule has 0 radical (unpaired) electrons. The van der Waals surface area contributed by atoms with E-state index in [4.69, 9.17) is 26.8 Å². The molecule has 9 rings (SSSR count). The Kier molecular flexibility index (Phi) is 9.28. The highest BCUT2D eigenvalue weighted by molar-refractivity contribution is 7.23. The van der Waals surface area contributed by atoms with E-state index in [1.54, 1.807) is 6.92 Å². The molecule has 13 nitrogen and oxygen atoms in total. The van der Waals surface area contributed by atoms with Crippen LogP contribution >= 0.6 is 22.9 Å². The van der Waals surface area contributed by atoms with Crippen molar-refractivity contribution in [2.75, 3.05) is 36.9 Å². The van der Waals surface area contributed by atoms with Crippen LogP contribution in [-0.2, 0) is 0 Å². The maximum atomic E-state index is 17.5. The zero-order valence-electron chi connectivity index (χ0n) is 30.2. The molecule has 3 aliphatic heterocycles. The van der Waals surface area contributed by atoms with Gasteiger partial charge < -0.3 is 25.4 Å². The minimum Gasteiger partial charge on any atom is -0.488 e. The van der Waals surface area contributed by atoms with Crippen molar-refractivity contribution in [1.29, 1.82) is 5.26 Å². The molecule has 57 heavy (non-hydrogen) atoms. The number of hydrogen-bond donors (Lipinski definition) is 2. The van der Waals surface area contributed by atoms with Gasteiger partial charge >= 0.3 is 12.0 Å². The summed E-state index contributed by atoms with van der Waals surface area (Å²) in [6.07, 6.45) is -0.146. The second-order valence-electron chi connectivity index (χ2n) is 15.1. The Bertz CT molecular complexity index is 2470. The van der Waals surface area contributed by atoms with Crippen molar-refractivity contribution in [3.63, 3.8) is 0 Å². The van der Waals surface area contributed by atoms with E-state index in [1.165, 1.54) is 23.6 Å². The number of nitrogens with two attached hydrogens (primary N) is 1. The minimum absolute atomic E-state index is 0.000424. The van der Waals surface area contributed by atoms with Crippen molar-refractivity contribution in [1.82, 2.24) is 34.9 Å². The summed E-state index contributed by atoms with van der Waals surface area (Å²) in [4.78, 5) is 29.4. The van der Waals surface area contributed by atoms with Crippen molar-refractivity contribution >= 4 is 60.8 Å². The molecule has 298 valence electrons. The van der Waals surface area contributed by atoms with Gasteiger partial charge in [-0.15, -0.1) is 11.3 Å². The van der Waals surface area contributed by atoms with Crippen molar-refractivity contribution < 1.29 is 36.2 Å². The monoisotopic (exact) mass is 828 g/mol. The van der Waals surface area contributed by atoms with Crippen LogP contribution in [0.15, 0.2) is 24.8 Å².